The number of nitrogens with zero attached hydrogens (tertiary/aromatic N) is 3. The molecule has 5 nitrogen and oxygen atoms in total. The number of methoxy groups -OCH3 is 1. The Labute approximate surface area is 115 Å². The summed E-state index contributed by atoms with van der Waals surface area (Å²) < 4.78 is 32.9. The second kappa shape index (κ2) is 7.06. The molecule has 0 fully saturated rings. The molecule has 0 spiro atoms. The van der Waals surface area contributed by atoms with Gasteiger partial charge in [-0.3, -0.25) is 0 Å². The van der Waals surface area contributed by atoms with Gasteiger partial charge in [-0.25, -0.2) is 13.5 Å². The predicted octanol–water partition coefficient (Wildman–Crippen LogP) is 1.34. The average molecular weight is 282 g/mol. The second-order valence-corrected chi connectivity index (χ2v) is 4.31. The van der Waals surface area contributed by atoms with Crippen molar-refractivity contribution in [2.45, 2.75) is 13.1 Å². The molecule has 1 aromatic carbocycles. The molecule has 0 saturated heterocycles. The smallest absolute Gasteiger partial charge is 0.128 e. The molecule has 0 saturated carbocycles. The van der Waals surface area contributed by atoms with E-state index in [4.69, 9.17) is 4.74 Å². The number of rotatable bonds is 7. The van der Waals surface area contributed by atoms with E-state index < -0.39 is 11.6 Å². The van der Waals surface area contributed by atoms with Gasteiger partial charge in [-0.1, -0.05) is 5.21 Å². The van der Waals surface area contributed by atoms with Crippen LogP contribution in [0.1, 0.15) is 11.3 Å². The van der Waals surface area contributed by atoms with Crippen LogP contribution in [0.5, 0.6) is 0 Å². The van der Waals surface area contributed by atoms with Crippen molar-refractivity contribution in [1.82, 2.24) is 20.3 Å². The lowest BCUT2D eigenvalue weighted by atomic mass is 10.2. The van der Waals surface area contributed by atoms with Crippen molar-refractivity contribution >= 4 is 0 Å². The average Bonchev–Trinajstić information content (AvgIpc) is 2.87. The summed E-state index contributed by atoms with van der Waals surface area (Å²) in [5, 5.41) is 11.0. The molecule has 7 heteroatoms. The van der Waals surface area contributed by atoms with E-state index >= 15 is 0 Å². The normalized spacial score (nSPS) is 10.9. The Balaban J connectivity index is 1.93. The molecule has 0 amide bonds. The topological polar surface area (TPSA) is 52.0 Å². The van der Waals surface area contributed by atoms with Crippen molar-refractivity contribution in [3.8, 4) is 0 Å². The van der Waals surface area contributed by atoms with Crippen molar-refractivity contribution in [1.29, 1.82) is 0 Å². The van der Waals surface area contributed by atoms with E-state index in [2.05, 4.69) is 15.6 Å². The first-order valence-corrected chi connectivity index (χ1v) is 6.21. The number of halogens is 2. The van der Waals surface area contributed by atoms with Crippen LogP contribution in [0.4, 0.5) is 8.78 Å². The third-order valence-electron chi connectivity index (χ3n) is 2.72. The van der Waals surface area contributed by atoms with Crippen LogP contribution in [0.2, 0.25) is 0 Å². The summed E-state index contributed by atoms with van der Waals surface area (Å²) in [6.45, 7) is 2.02. The molecule has 108 valence electrons. The van der Waals surface area contributed by atoms with E-state index in [1.807, 2.05) is 0 Å². The molecule has 1 heterocycles. The predicted molar refractivity (Wildman–Crippen MR) is 69.1 cm³/mol. The van der Waals surface area contributed by atoms with Gasteiger partial charge in [-0.05, 0) is 18.2 Å². The zero-order valence-corrected chi connectivity index (χ0v) is 11.1. The van der Waals surface area contributed by atoms with Crippen LogP contribution in [-0.4, -0.2) is 35.3 Å². The van der Waals surface area contributed by atoms with Gasteiger partial charge in [0.25, 0.3) is 0 Å². The molecule has 0 bridgehead atoms. The highest BCUT2D eigenvalue weighted by atomic mass is 19.1. The summed E-state index contributed by atoms with van der Waals surface area (Å²) in [4.78, 5) is 0. The minimum Gasteiger partial charge on any atom is -0.383 e. The monoisotopic (exact) mass is 282 g/mol. The minimum atomic E-state index is -0.469. The fourth-order valence-corrected chi connectivity index (χ4v) is 1.73. The Morgan fingerprint density at radius 3 is 3.00 bits per heavy atom. The Bertz CT molecular complexity index is 559. The third-order valence-corrected chi connectivity index (χ3v) is 2.72. The molecule has 20 heavy (non-hydrogen) atoms. The van der Waals surface area contributed by atoms with Gasteiger partial charge in [0.2, 0.25) is 0 Å². The first-order chi connectivity index (χ1) is 9.69. The summed E-state index contributed by atoms with van der Waals surface area (Å²) in [6, 6.07) is 3.35. The minimum absolute atomic E-state index is 0.147. The van der Waals surface area contributed by atoms with Crippen molar-refractivity contribution < 1.29 is 13.5 Å². The van der Waals surface area contributed by atoms with Crippen LogP contribution in [0.3, 0.4) is 0 Å². The zero-order chi connectivity index (χ0) is 14.4. The Morgan fingerprint density at radius 1 is 1.35 bits per heavy atom. The van der Waals surface area contributed by atoms with E-state index in [1.54, 1.807) is 13.3 Å². The Hall–Kier alpha value is -1.86. The molecule has 0 unspecified atom stereocenters. The molecule has 0 aliphatic carbocycles. The standard InChI is InChI=1S/C13H16F2N4O/c1-20-5-4-16-7-12-9-19(18-17-12)8-10-6-11(14)2-3-13(10)15/h2-3,6,9,16H,4-5,7-8H2,1H3. The molecule has 0 atom stereocenters. The fraction of sp³-hybridized carbons (Fsp3) is 0.385. The maximum atomic E-state index is 13.5. The lowest BCUT2D eigenvalue weighted by Gasteiger charge is -2.03. The van der Waals surface area contributed by atoms with Crippen LogP contribution < -0.4 is 5.32 Å². The summed E-state index contributed by atoms with van der Waals surface area (Å²) in [5.74, 6) is -0.926. The zero-order valence-electron chi connectivity index (χ0n) is 11.1. The maximum absolute atomic E-state index is 13.5. The molecule has 2 aromatic rings. The summed E-state index contributed by atoms with van der Waals surface area (Å²) in [6.07, 6.45) is 1.70. The first kappa shape index (κ1) is 14.5. The highest BCUT2D eigenvalue weighted by Crippen LogP contribution is 2.11. The van der Waals surface area contributed by atoms with Crippen LogP contribution >= 0.6 is 0 Å². The quantitative estimate of drug-likeness (QED) is 0.779. The molecule has 1 aromatic heterocycles. The highest BCUT2D eigenvalue weighted by Gasteiger charge is 2.07. The lowest BCUT2D eigenvalue weighted by Crippen LogP contribution is -2.18. The Kier molecular flexibility index (Phi) is 5.14. The molecule has 2 rings (SSSR count). The first-order valence-electron chi connectivity index (χ1n) is 6.21. The summed E-state index contributed by atoms with van der Waals surface area (Å²) in [7, 11) is 1.63. The van der Waals surface area contributed by atoms with Gasteiger partial charge < -0.3 is 10.1 Å². The van der Waals surface area contributed by atoms with Crippen molar-refractivity contribution in [3.63, 3.8) is 0 Å². The number of hydrogen-bond acceptors (Lipinski definition) is 4. The number of hydrogen-bond donors (Lipinski definition) is 1. The van der Waals surface area contributed by atoms with E-state index in [0.717, 1.165) is 23.9 Å². The van der Waals surface area contributed by atoms with Crippen LogP contribution in [0.25, 0.3) is 0 Å². The van der Waals surface area contributed by atoms with Gasteiger partial charge in [0.15, 0.2) is 0 Å². The number of benzene rings is 1. The van der Waals surface area contributed by atoms with Gasteiger partial charge in [0, 0.05) is 25.8 Å². The van der Waals surface area contributed by atoms with Gasteiger partial charge in [-0.2, -0.15) is 0 Å². The van der Waals surface area contributed by atoms with Crippen LogP contribution in [-0.2, 0) is 17.8 Å². The SMILES string of the molecule is COCCNCc1cn(Cc2cc(F)ccc2F)nn1. The maximum Gasteiger partial charge on any atom is 0.128 e. The molecule has 1 N–H and O–H groups in total. The van der Waals surface area contributed by atoms with Gasteiger partial charge in [0.05, 0.1) is 25.0 Å². The molecule has 0 aliphatic heterocycles. The van der Waals surface area contributed by atoms with Gasteiger partial charge >= 0.3 is 0 Å². The molecular formula is C13H16F2N4O. The van der Waals surface area contributed by atoms with E-state index in [0.29, 0.717) is 19.7 Å². The number of nitrogens with one attached hydrogen (secondary N) is 1. The third kappa shape index (κ3) is 4.07. The lowest BCUT2D eigenvalue weighted by molar-refractivity contribution is 0.199. The highest BCUT2D eigenvalue weighted by molar-refractivity contribution is 5.18. The fourth-order valence-electron chi connectivity index (χ4n) is 1.73. The van der Waals surface area contributed by atoms with E-state index in [9.17, 15) is 8.78 Å². The molecule has 0 aliphatic rings. The van der Waals surface area contributed by atoms with Crippen molar-refractivity contribution in [2.75, 3.05) is 20.3 Å². The second-order valence-electron chi connectivity index (χ2n) is 4.31. The number of ether oxygens (including phenoxy) is 1. The summed E-state index contributed by atoms with van der Waals surface area (Å²) >= 11 is 0. The number of aromatic nitrogens is 3. The Morgan fingerprint density at radius 2 is 2.20 bits per heavy atom. The van der Waals surface area contributed by atoms with Gasteiger partial charge in [0.1, 0.15) is 11.6 Å². The summed E-state index contributed by atoms with van der Waals surface area (Å²) in [5.41, 5.74) is 0.978. The molecule has 0 radical (unpaired) electrons. The van der Waals surface area contributed by atoms with Gasteiger partial charge in [-0.15, -0.1) is 5.10 Å². The largest absolute Gasteiger partial charge is 0.383 e. The van der Waals surface area contributed by atoms with E-state index in [-0.39, 0.29) is 12.1 Å². The molecular weight excluding hydrogens is 266 g/mol. The van der Waals surface area contributed by atoms with Crippen LogP contribution in [0.15, 0.2) is 24.4 Å². The van der Waals surface area contributed by atoms with Crippen molar-refractivity contribution in [3.05, 3.63) is 47.3 Å². The van der Waals surface area contributed by atoms with Crippen LogP contribution in [0, 0.1) is 11.6 Å². The van der Waals surface area contributed by atoms with E-state index in [1.165, 1.54) is 4.68 Å². The van der Waals surface area contributed by atoms with Crippen molar-refractivity contribution in [2.24, 2.45) is 0 Å².